The van der Waals surface area contributed by atoms with Crippen molar-refractivity contribution in [1.82, 2.24) is 5.32 Å². The molecule has 0 aliphatic carbocycles. The second kappa shape index (κ2) is 9.85. The van der Waals surface area contributed by atoms with Gasteiger partial charge in [-0.25, -0.2) is 0 Å². The van der Waals surface area contributed by atoms with Gasteiger partial charge in [0.05, 0.1) is 19.8 Å². The zero-order valence-electron chi connectivity index (χ0n) is 8.94. The van der Waals surface area contributed by atoms with Gasteiger partial charge >= 0.3 is 0 Å². The summed E-state index contributed by atoms with van der Waals surface area (Å²) in [5.74, 6) is -0.487. The van der Waals surface area contributed by atoms with Crippen LogP contribution in [0.15, 0.2) is 0 Å². The Balaban J connectivity index is 3.30. The van der Waals surface area contributed by atoms with E-state index in [0.29, 0.717) is 26.4 Å². The second-order valence-electron chi connectivity index (χ2n) is 2.92. The third-order valence-electron chi connectivity index (χ3n) is 1.68. The summed E-state index contributed by atoms with van der Waals surface area (Å²) in [5.41, 5.74) is 0. The average Bonchev–Trinajstić information content (AvgIpc) is 2.23. The monoisotopic (exact) mass is 221 g/mol. The molecule has 3 N–H and O–H groups in total. The van der Waals surface area contributed by atoms with Crippen LogP contribution in [0.3, 0.4) is 0 Å². The minimum atomic E-state index is -1.14. The maximum absolute atomic E-state index is 11.1. The highest BCUT2D eigenvalue weighted by Gasteiger charge is 2.12. The van der Waals surface area contributed by atoms with Crippen molar-refractivity contribution in [3.05, 3.63) is 0 Å². The van der Waals surface area contributed by atoms with Crippen molar-refractivity contribution >= 4 is 5.91 Å². The lowest BCUT2D eigenvalue weighted by atomic mass is 10.2. The van der Waals surface area contributed by atoms with Crippen LogP contribution in [0.2, 0.25) is 0 Å². The van der Waals surface area contributed by atoms with Crippen molar-refractivity contribution < 1.29 is 24.5 Å². The molecule has 1 atom stereocenters. The molecule has 0 spiro atoms. The van der Waals surface area contributed by atoms with Crippen LogP contribution in [-0.4, -0.2) is 62.3 Å². The second-order valence-corrected chi connectivity index (χ2v) is 2.92. The largest absolute Gasteiger partial charge is 0.396 e. The molecule has 1 amide bonds. The zero-order valence-corrected chi connectivity index (χ0v) is 8.94. The number of carbonyl (C=O) groups excluding carboxylic acids is 1. The van der Waals surface area contributed by atoms with Crippen LogP contribution in [0.1, 0.15) is 6.42 Å². The van der Waals surface area contributed by atoms with Crippen molar-refractivity contribution in [2.45, 2.75) is 12.5 Å². The first-order valence-electron chi connectivity index (χ1n) is 4.85. The van der Waals surface area contributed by atoms with E-state index in [4.69, 9.17) is 19.7 Å². The van der Waals surface area contributed by atoms with E-state index in [9.17, 15) is 4.79 Å². The van der Waals surface area contributed by atoms with Crippen LogP contribution in [-0.2, 0) is 14.3 Å². The van der Waals surface area contributed by atoms with E-state index in [1.807, 2.05) is 0 Å². The van der Waals surface area contributed by atoms with Crippen molar-refractivity contribution in [2.75, 3.05) is 40.1 Å². The molecule has 1 unspecified atom stereocenters. The molecule has 0 aliphatic heterocycles. The molecular weight excluding hydrogens is 202 g/mol. The summed E-state index contributed by atoms with van der Waals surface area (Å²) >= 11 is 0. The lowest BCUT2D eigenvalue weighted by Gasteiger charge is -2.10. The third kappa shape index (κ3) is 8.31. The standard InChI is InChI=1S/C9H19NO5/c1-14-6-7-15-5-3-10-9(13)8(12)2-4-11/h8,11-12H,2-7H2,1H3,(H,10,13). The fourth-order valence-corrected chi connectivity index (χ4v) is 0.862. The van der Waals surface area contributed by atoms with E-state index >= 15 is 0 Å². The molecule has 6 nitrogen and oxygen atoms in total. The van der Waals surface area contributed by atoms with Crippen LogP contribution >= 0.6 is 0 Å². The van der Waals surface area contributed by atoms with Crippen LogP contribution in [0.4, 0.5) is 0 Å². The number of carbonyl (C=O) groups is 1. The fourth-order valence-electron chi connectivity index (χ4n) is 0.862. The number of aliphatic hydroxyl groups excluding tert-OH is 2. The van der Waals surface area contributed by atoms with Crippen LogP contribution in [0, 0.1) is 0 Å². The summed E-state index contributed by atoms with van der Waals surface area (Å²) < 4.78 is 9.85. The van der Waals surface area contributed by atoms with Crippen molar-refractivity contribution in [3.63, 3.8) is 0 Å². The zero-order chi connectivity index (χ0) is 11.5. The number of methoxy groups -OCH3 is 1. The van der Waals surface area contributed by atoms with Crippen LogP contribution in [0.5, 0.6) is 0 Å². The quantitative estimate of drug-likeness (QED) is 0.413. The van der Waals surface area contributed by atoms with Gasteiger partial charge in [0.25, 0.3) is 0 Å². The Morgan fingerprint density at radius 3 is 2.73 bits per heavy atom. The van der Waals surface area contributed by atoms with Gasteiger partial charge in [0, 0.05) is 26.7 Å². The minimum absolute atomic E-state index is 0.0519. The summed E-state index contributed by atoms with van der Waals surface area (Å²) in [6.07, 6.45) is -1.09. The van der Waals surface area contributed by atoms with Crippen molar-refractivity contribution in [2.24, 2.45) is 0 Å². The van der Waals surface area contributed by atoms with Gasteiger partial charge in [0.15, 0.2) is 0 Å². The van der Waals surface area contributed by atoms with Crippen LogP contribution in [0.25, 0.3) is 0 Å². The van der Waals surface area contributed by atoms with E-state index < -0.39 is 12.0 Å². The topological polar surface area (TPSA) is 88.0 Å². The average molecular weight is 221 g/mol. The molecule has 0 aromatic heterocycles. The maximum atomic E-state index is 11.1. The van der Waals surface area contributed by atoms with Crippen molar-refractivity contribution in [1.29, 1.82) is 0 Å². The number of nitrogens with one attached hydrogen (secondary N) is 1. The Bertz CT molecular complexity index is 165. The number of amides is 1. The first-order valence-corrected chi connectivity index (χ1v) is 4.85. The highest BCUT2D eigenvalue weighted by Crippen LogP contribution is 1.89. The Kier molecular flexibility index (Phi) is 9.40. The molecule has 0 aromatic carbocycles. The Hall–Kier alpha value is -0.690. The molecule has 0 rings (SSSR count). The maximum Gasteiger partial charge on any atom is 0.249 e. The smallest absolute Gasteiger partial charge is 0.249 e. The van der Waals surface area contributed by atoms with E-state index in [1.165, 1.54) is 0 Å². The third-order valence-corrected chi connectivity index (χ3v) is 1.68. The Labute approximate surface area is 89.2 Å². The number of hydrogen-bond donors (Lipinski definition) is 3. The summed E-state index contributed by atoms with van der Waals surface area (Å²) in [4.78, 5) is 11.1. The highest BCUT2D eigenvalue weighted by atomic mass is 16.5. The molecule has 0 fully saturated rings. The van der Waals surface area contributed by atoms with E-state index in [2.05, 4.69) is 5.32 Å². The molecule has 90 valence electrons. The normalized spacial score (nSPS) is 12.5. The van der Waals surface area contributed by atoms with Gasteiger partial charge in [0.1, 0.15) is 6.10 Å². The molecule has 0 heterocycles. The van der Waals surface area contributed by atoms with Crippen LogP contribution < -0.4 is 5.32 Å². The van der Waals surface area contributed by atoms with Gasteiger partial charge in [-0.3, -0.25) is 4.79 Å². The predicted octanol–water partition coefficient (Wildman–Crippen LogP) is -1.49. The molecule has 0 bridgehead atoms. The van der Waals surface area contributed by atoms with Gasteiger partial charge in [0.2, 0.25) is 5.91 Å². The van der Waals surface area contributed by atoms with Gasteiger partial charge in [-0.1, -0.05) is 0 Å². The first kappa shape index (κ1) is 14.3. The molecule has 15 heavy (non-hydrogen) atoms. The number of aliphatic hydroxyl groups is 2. The molecule has 0 radical (unpaired) electrons. The van der Waals surface area contributed by atoms with Crippen molar-refractivity contribution in [3.8, 4) is 0 Å². The van der Waals surface area contributed by atoms with Gasteiger partial charge < -0.3 is 25.0 Å². The number of hydrogen-bond acceptors (Lipinski definition) is 5. The molecule has 0 aliphatic rings. The van der Waals surface area contributed by atoms with Gasteiger partial charge in [-0.05, 0) is 0 Å². The molecule has 0 saturated carbocycles. The SMILES string of the molecule is COCCOCCNC(=O)C(O)CCO. The highest BCUT2D eigenvalue weighted by molar-refractivity contribution is 5.80. The Morgan fingerprint density at radius 1 is 1.40 bits per heavy atom. The fraction of sp³-hybridized carbons (Fsp3) is 0.889. The molecule has 0 saturated heterocycles. The van der Waals surface area contributed by atoms with Gasteiger partial charge in [-0.2, -0.15) is 0 Å². The molecule has 0 aromatic rings. The molecular formula is C9H19NO5. The molecule has 6 heteroatoms. The predicted molar refractivity (Wildman–Crippen MR) is 53.4 cm³/mol. The summed E-state index contributed by atoms with van der Waals surface area (Å²) in [5, 5.41) is 20.1. The lowest BCUT2D eigenvalue weighted by Crippen LogP contribution is -2.37. The summed E-state index contributed by atoms with van der Waals surface area (Å²) in [6, 6.07) is 0. The van der Waals surface area contributed by atoms with E-state index in [0.717, 1.165) is 0 Å². The summed E-state index contributed by atoms with van der Waals surface area (Å²) in [7, 11) is 1.58. The lowest BCUT2D eigenvalue weighted by molar-refractivity contribution is -0.130. The van der Waals surface area contributed by atoms with E-state index in [1.54, 1.807) is 7.11 Å². The van der Waals surface area contributed by atoms with E-state index in [-0.39, 0.29) is 13.0 Å². The Morgan fingerprint density at radius 2 is 2.13 bits per heavy atom. The summed E-state index contributed by atoms with van der Waals surface area (Å²) in [6.45, 7) is 1.50. The number of rotatable bonds is 9. The first-order chi connectivity index (χ1) is 7.22. The number of ether oxygens (including phenoxy) is 2. The van der Waals surface area contributed by atoms with Gasteiger partial charge in [-0.15, -0.1) is 0 Å². The minimum Gasteiger partial charge on any atom is -0.396 e.